The van der Waals surface area contributed by atoms with E-state index >= 15 is 0 Å². The first kappa shape index (κ1) is 14.0. The molecule has 1 fully saturated rings. The van der Waals surface area contributed by atoms with Crippen LogP contribution in [0, 0.1) is 0 Å². The maximum absolute atomic E-state index is 12.2. The molecule has 0 bridgehead atoms. The molecule has 0 unspecified atom stereocenters. The van der Waals surface area contributed by atoms with E-state index in [-0.39, 0.29) is 11.9 Å². The maximum Gasteiger partial charge on any atom is 0.322 e. The summed E-state index contributed by atoms with van der Waals surface area (Å²) in [6, 6.07) is 3.36. The molecular weight excluding hydrogens is 292 g/mol. The Hall–Kier alpha value is -1.95. The van der Waals surface area contributed by atoms with Crippen molar-refractivity contribution in [3.63, 3.8) is 0 Å². The number of nitrogens with one attached hydrogen (secondary N) is 1. The van der Waals surface area contributed by atoms with Crippen molar-refractivity contribution in [1.82, 2.24) is 15.2 Å². The standard InChI is InChI=1S/C14H15ClN4O2/c1-2-3-10-6-9(7-11(15)16-10)12(20)17-14-19-18-13(21-14)8-4-5-8/h6-8H,2-5H2,1H3,(H,17,19,20). The highest BCUT2D eigenvalue weighted by Gasteiger charge is 2.29. The van der Waals surface area contributed by atoms with E-state index in [0.29, 0.717) is 22.5 Å². The molecule has 2 aromatic rings. The van der Waals surface area contributed by atoms with E-state index in [4.69, 9.17) is 16.0 Å². The highest BCUT2D eigenvalue weighted by molar-refractivity contribution is 6.29. The van der Waals surface area contributed by atoms with Gasteiger partial charge in [0.1, 0.15) is 5.15 Å². The second-order valence-electron chi connectivity index (χ2n) is 5.09. The van der Waals surface area contributed by atoms with Crippen LogP contribution in [0.3, 0.4) is 0 Å². The molecule has 21 heavy (non-hydrogen) atoms. The number of anilines is 1. The summed E-state index contributed by atoms with van der Waals surface area (Å²) in [6.07, 6.45) is 3.84. The monoisotopic (exact) mass is 306 g/mol. The van der Waals surface area contributed by atoms with E-state index in [9.17, 15) is 4.79 Å². The van der Waals surface area contributed by atoms with Gasteiger partial charge in [-0.1, -0.05) is 30.0 Å². The molecule has 0 radical (unpaired) electrons. The third-order valence-electron chi connectivity index (χ3n) is 3.20. The largest absolute Gasteiger partial charge is 0.408 e. The van der Waals surface area contributed by atoms with Crippen molar-refractivity contribution in [3.05, 3.63) is 34.4 Å². The van der Waals surface area contributed by atoms with Crippen molar-refractivity contribution in [2.45, 2.75) is 38.5 Å². The minimum Gasteiger partial charge on any atom is -0.408 e. The fraction of sp³-hybridized carbons (Fsp3) is 0.429. The fourth-order valence-corrected chi connectivity index (χ4v) is 2.24. The fourth-order valence-electron chi connectivity index (χ4n) is 2.02. The van der Waals surface area contributed by atoms with E-state index in [1.54, 1.807) is 6.07 Å². The lowest BCUT2D eigenvalue weighted by Gasteiger charge is -2.04. The molecule has 6 nitrogen and oxygen atoms in total. The van der Waals surface area contributed by atoms with Crippen LogP contribution in [-0.2, 0) is 6.42 Å². The topological polar surface area (TPSA) is 80.9 Å². The van der Waals surface area contributed by atoms with Crippen LogP contribution in [0.5, 0.6) is 0 Å². The second-order valence-corrected chi connectivity index (χ2v) is 5.48. The zero-order chi connectivity index (χ0) is 14.8. The molecule has 110 valence electrons. The minimum atomic E-state index is -0.331. The van der Waals surface area contributed by atoms with Crippen molar-refractivity contribution >= 4 is 23.5 Å². The van der Waals surface area contributed by atoms with Crippen LogP contribution >= 0.6 is 11.6 Å². The summed E-state index contributed by atoms with van der Waals surface area (Å²) in [6.45, 7) is 2.04. The van der Waals surface area contributed by atoms with Gasteiger partial charge in [-0.3, -0.25) is 10.1 Å². The molecule has 0 saturated heterocycles. The summed E-state index contributed by atoms with van der Waals surface area (Å²) in [5, 5.41) is 10.6. The average Bonchev–Trinajstić information content (AvgIpc) is 3.19. The Bertz CT molecular complexity index is 667. The van der Waals surface area contributed by atoms with Crippen molar-refractivity contribution in [2.24, 2.45) is 0 Å². The number of hydrogen-bond donors (Lipinski definition) is 1. The Morgan fingerprint density at radius 3 is 2.95 bits per heavy atom. The summed E-state index contributed by atoms with van der Waals surface area (Å²) in [4.78, 5) is 16.4. The Labute approximate surface area is 126 Å². The molecular formula is C14H15ClN4O2. The van der Waals surface area contributed by atoms with E-state index in [0.717, 1.165) is 31.4 Å². The van der Waals surface area contributed by atoms with E-state index in [1.165, 1.54) is 6.07 Å². The van der Waals surface area contributed by atoms with E-state index in [1.807, 2.05) is 6.92 Å². The average molecular weight is 307 g/mol. The number of amides is 1. The lowest BCUT2D eigenvalue weighted by Crippen LogP contribution is -2.13. The van der Waals surface area contributed by atoms with Crippen LogP contribution in [0.2, 0.25) is 5.15 Å². The number of pyridine rings is 1. The first-order valence-electron chi connectivity index (χ1n) is 6.97. The molecule has 1 N–H and O–H groups in total. The second kappa shape index (κ2) is 5.81. The van der Waals surface area contributed by atoms with Gasteiger partial charge in [0.05, 0.1) is 0 Å². The van der Waals surface area contributed by atoms with Gasteiger partial charge in [-0.05, 0) is 31.4 Å². The van der Waals surface area contributed by atoms with Crippen molar-refractivity contribution < 1.29 is 9.21 Å². The third kappa shape index (κ3) is 3.39. The summed E-state index contributed by atoms with van der Waals surface area (Å²) >= 11 is 5.94. The van der Waals surface area contributed by atoms with Crippen LogP contribution < -0.4 is 5.32 Å². The highest BCUT2D eigenvalue weighted by atomic mass is 35.5. The molecule has 0 aliphatic heterocycles. The van der Waals surface area contributed by atoms with Gasteiger partial charge >= 0.3 is 6.01 Å². The summed E-state index contributed by atoms with van der Waals surface area (Å²) in [7, 11) is 0. The van der Waals surface area contributed by atoms with Gasteiger partial charge in [-0.2, -0.15) is 0 Å². The minimum absolute atomic E-state index is 0.117. The van der Waals surface area contributed by atoms with E-state index < -0.39 is 0 Å². The number of aryl methyl sites for hydroxylation is 1. The van der Waals surface area contributed by atoms with Gasteiger partial charge < -0.3 is 4.42 Å². The third-order valence-corrected chi connectivity index (χ3v) is 3.40. The van der Waals surface area contributed by atoms with Crippen LogP contribution in [0.25, 0.3) is 0 Å². The van der Waals surface area contributed by atoms with Gasteiger partial charge in [-0.25, -0.2) is 4.98 Å². The van der Waals surface area contributed by atoms with Gasteiger partial charge in [0.15, 0.2) is 0 Å². The number of carbonyl (C=O) groups is 1. The van der Waals surface area contributed by atoms with Crippen LogP contribution in [0.1, 0.15) is 54.0 Å². The molecule has 1 aliphatic carbocycles. The Balaban J connectivity index is 1.74. The Kier molecular flexibility index (Phi) is 3.88. The number of aromatic nitrogens is 3. The first-order chi connectivity index (χ1) is 10.2. The number of carbonyl (C=O) groups excluding carboxylic acids is 1. The van der Waals surface area contributed by atoms with Crippen molar-refractivity contribution in [1.29, 1.82) is 0 Å². The summed E-state index contributed by atoms with van der Waals surface area (Å²) in [5.74, 6) is 0.613. The molecule has 1 aliphatic rings. The normalized spacial score (nSPS) is 14.2. The molecule has 1 amide bonds. The molecule has 2 heterocycles. The smallest absolute Gasteiger partial charge is 0.322 e. The lowest BCUT2D eigenvalue weighted by atomic mass is 10.1. The predicted octanol–water partition coefficient (Wildman–Crippen LogP) is 3.20. The van der Waals surface area contributed by atoms with Crippen molar-refractivity contribution in [3.8, 4) is 0 Å². The predicted molar refractivity (Wildman–Crippen MR) is 77.5 cm³/mol. The van der Waals surface area contributed by atoms with E-state index in [2.05, 4.69) is 20.5 Å². The Morgan fingerprint density at radius 1 is 1.43 bits per heavy atom. The molecule has 3 rings (SSSR count). The first-order valence-corrected chi connectivity index (χ1v) is 7.34. The number of halogens is 1. The number of rotatable bonds is 5. The Morgan fingerprint density at radius 2 is 2.24 bits per heavy atom. The highest BCUT2D eigenvalue weighted by Crippen LogP contribution is 2.39. The number of hydrogen-bond acceptors (Lipinski definition) is 5. The van der Waals surface area contributed by atoms with Gasteiger partial charge in [0.2, 0.25) is 5.89 Å². The molecule has 1 saturated carbocycles. The SMILES string of the molecule is CCCc1cc(C(=O)Nc2nnc(C3CC3)o2)cc(Cl)n1. The quantitative estimate of drug-likeness (QED) is 0.858. The molecule has 2 aromatic heterocycles. The van der Waals surface area contributed by atoms with Crippen molar-refractivity contribution in [2.75, 3.05) is 5.32 Å². The number of nitrogens with zero attached hydrogens (tertiary/aromatic N) is 3. The van der Waals surface area contributed by atoms with Gasteiger partial charge in [0, 0.05) is 17.2 Å². The van der Waals surface area contributed by atoms with Gasteiger partial charge in [0.25, 0.3) is 5.91 Å². The molecule has 0 atom stereocenters. The summed E-state index contributed by atoms with van der Waals surface area (Å²) < 4.78 is 5.40. The molecule has 0 aromatic carbocycles. The van der Waals surface area contributed by atoms with Crippen LogP contribution in [0.15, 0.2) is 16.5 Å². The molecule has 0 spiro atoms. The van der Waals surface area contributed by atoms with Crippen LogP contribution in [-0.4, -0.2) is 21.1 Å². The maximum atomic E-state index is 12.2. The van der Waals surface area contributed by atoms with Gasteiger partial charge in [-0.15, -0.1) is 5.10 Å². The lowest BCUT2D eigenvalue weighted by molar-refractivity contribution is 0.102. The summed E-state index contributed by atoms with van der Waals surface area (Å²) in [5.41, 5.74) is 1.23. The molecule has 7 heteroatoms. The van der Waals surface area contributed by atoms with Crippen LogP contribution in [0.4, 0.5) is 6.01 Å². The zero-order valence-electron chi connectivity index (χ0n) is 11.6. The zero-order valence-corrected chi connectivity index (χ0v) is 12.4.